The summed E-state index contributed by atoms with van der Waals surface area (Å²) in [6.07, 6.45) is -0.112. The van der Waals surface area contributed by atoms with Crippen molar-refractivity contribution in [2.45, 2.75) is 40.5 Å². The molecular formula is C25H30N2O5. The molecule has 0 unspecified atom stereocenters. The lowest BCUT2D eigenvalue weighted by molar-refractivity contribution is -0.151. The number of benzene rings is 2. The molecule has 0 aromatic heterocycles. The standard InChI is InChI=1S/C25H30N2O5/c1-16-9-10-20(13-19(16)4)21(28)11-12-24(31)32-15-23(30)27(5)14-22(29)26-25-17(2)7-6-8-18(25)3/h6-10,13H,11-12,14-15H2,1-5H3,(H,26,29). The van der Waals surface area contributed by atoms with Crippen LogP contribution in [-0.2, 0) is 19.1 Å². The van der Waals surface area contributed by atoms with Gasteiger partial charge in [-0.2, -0.15) is 0 Å². The predicted octanol–water partition coefficient (Wildman–Crippen LogP) is 3.52. The molecule has 0 saturated carbocycles. The topological polar surface area (TPSA) is 92.8 Å². The minimum Gasteiger partial charge on any atom is -0.456 e. The van der Waals surface area contributed by atoms with Gasteiger partial charge in [-0.1, -0.05) is 30.3 Å². The number of Topliss-reactive ketones (excluding diaryl/α,β-unsaturated/α-hetero) is 1. The Bertz CT molecular complexity index is 1010. The molecule has 0 fully saturated rings. The van der Waals surface area contributed by atoms with Crippen molar-refractivity contribution in [2.75, 3.05) is 25.5 Å². The summed E-state index contributed by atoms with van der Waals surface area (Å²) in [6.45, 7) is 7.01. The first-order valence-corrected chi connectivity index (χ1v) is 10.4. The van der Waals surface area contributed by atoms with Gasteiger partial charge < -0.3 is 15.0 Å². The van der Waals surface area contributed by atoms with Gasteiger partial charge in [-0.05, 0) is 56.0 Å². The Hall–Kier alpha value is -3.48. The zero-order valence-electron chi connectivity index (χ0n) is 19.3. The van der Waals surface area contributed by atoms with Crippen LogP contribution < -0.4 is 5.32 Å². The molecule has 0 saturated heterocycles. The fraction of sp³-hybridized carbons (Fsp3) is 0.360. The normalized spacial score (nSPS) is 10.4. The second-order valence-corrected chi connectivity index (χ2v) is 7.95. The van der Waals surface area contributed by atoms with Crippen LogP contribution in [0.4, 0.5) is 5.69 Å². The van der Waals surface area contributed by atoms with Gasteiger partial charge in [-0.15, -0.1) is 0 Å². The van der Waals surface area contributed by atoms with E-state index in [0.717, 1.165) is 27.9 Å². The van der Waals surface area contributed by atoms with E-state index in [1.165, 1.54) is 11.9 Å². The van der Waals surface area contributed by atoms with E-state index in [1.54, 1.807) is 12.1 Å². The largest absolute Gasteiger partial charge is 0.456 e. The molecule has 0 bridgehead atoms. The molecule has 0 aliphatic carbocycles. The lowest BCUT2D eigenvalue weighted by atomic mass is 10.0. The van der Waals surface area contributed by atoms with Crippen molar-refractivity contribution in [2.24, 2.45) is 0 Å². The molecule has 32 heavy (non-hydrogen) atoms. The van der Waals surface area contributed by atoms with Gasteiger partial charge in [0.2, 0.25) is 5.91 Å². The monoisotopic (exact) mass is 438 g/mol. The minimum absolute atomic E-state index is 0.00352. The molecule has 7 nitrogen and oxygen atoms in total. The Balaban J connectivity index is 1.76. The summed E-state index contributed by atoms with van der Waals surface area (Å²) in [5, 5.41) is 2.81. The highest BCUT2D eigenvalue weighted by Crippen LogP contribution is 2.19. The molecule has 170 valence electrons. The molecule has 0 aliphatic rings. The number of carbonyl (C=O) groups excluding carboxylic acids is 4. The number of nitrogens with one attached hydrogen (secondary N) is 1. The number of hydrogen-bond acceptors (Lipinski definition) is 5. The molecule has 0 spiro atoms. The highest BCUT2D eigenvalue weighted by molar-refractivity contribution is 5.98. The highest BCUT2D eigenvalue weighted by Gasteiger charge is 2.17. The highest BCUT2D eigenvalue weighted by atomic mass is 16.5. The summed E-state index contributed by atoms with van der Waals surface area (Å²) < 4.78 is 4.98. The van der Waals surface area contributed by atoms with Crippen LogP contribution in [0.25, 0.3) is 0 Å². The van der Waals surface area contributed by atoms with Crippen molar-refractivity contribution in [3.8, 4) is 0 Å². The van der Waals surface area contributed by atoms with Gasteiger partial charge in [0.05, 0.1) is 13.0 Å². The number of hydrogen-bond donors (Lipinski definition) is 1. The minimum atomic E-state index is -0.635. The SMILES string of the molecule is Cc1ccc(C(=O)CCC(=O)OCC(=O)N(C)CC(=O)Nc2c(C)cccc2C)cc1C. The Labute approximate surface area is 188 Å². The first-order valence-electron chi connectivity index (χ1n) is 10.4. The maximum absolute atomic E-state index is 12.3. The van der Waals surface area contributed by atoms with E-state index < -0.39 is 18.5 Å². The van der Waals surface area contributed by atoms with E-state index >= 15 is 0 Å². The number of para-hydroxylation sites is 1. The van der Waals surface area contributed by atoms with Gasteiger partial charge in [0.1, 0.15) is 0 Å². The summed E-state index contributed by atoms with van der Waals surface area (Å²) in [6, 6.07) is 11.1. The van der Waals surface area contributed by atoms with Crippen LogP contribution in [0.3, 0.4) is 0 Å². The number of aryl methyl sites for hydroxylation is 4. The van der Waals surface area contributed by atoms with Crippen LogP contribution in [0.2, 0.25) is 0 Å². The summed E-state index contributed by atoms with van der Waals surface area (Å²) in [5.74, 6) is -1.64. The zero-order valence-corrected chi connectivity index (χ0v) is 19.3. The van der Waals surface area contributed by atoms with Crippen LogP contribution in [0.1, 0.15) is 45.5 Å². The van der Waals surface area contributed by atoms with Gasteiger partial charge in [-0.3, -0.25) is 19.2 Å². The number of rotatable bonds is 9. The molecular weight excluding hydrogens is 408 g/mol. The molecule has 0 atom stereocenters. The van der Waals surface area contributed by atoms with Gasteiger partial charge in [0, 0.05) is 24.7 Å². The van der Waals surface area contributed by atoms with Crippen LogP contribution in [0.5, 0.6) is 0 Å². The second-order valence-electron chi connectivity index (χ2n) is 7.95. The van der Waals surface area contributed by atoms with E-state index in [2.05, 4.69) is 5.32 Å². The van der Waals surface area contributed by atoms with E-state index in [-0.39, 0.29) is 31.1 Å². The molecule has 2 aromatic rings. The maximum Gasteiger partial charge on any atom is 0.306 e. The van der Waals surface area contributed by atoms with Crippen LogP contribution in [0.15, 0.2) is 36.4 Å². The smallest absolute Gasteiger partial charge is 0.306 e. The number of ether oxygens (including phenoxy) is 1. The van der Waals surface area contributed by atoms with Crippen molar-refractivity contribution in [3.05, 3.63) is 64.2 Å². The number of nitrogens with zero attached hydrogens (tertiary/aromatic N) is 1. The number of ketones is 1. The Kier molecular flexibility index (Phi) is 8.70. The summed E-state index contributed by atoms with van der Waals surface area (Å²) in [5.41, 5.74) is 5.22. The van der Waals surface area contributed by atoms with Gasteiger partial charge in [0.25, 0.3) is 5.91 Å². The van der Waals surface area contributed by atoms with Gasteiger partial charge in [-0.25, -0.2) is 0 Å². The number of esters is 1. The quantitative estimate of drug-likeness (QED) is 0.478. The molecule has 0 radical (unpaired) electrons. The molecule has 2 rings (SSSR count). The van der Waals surface area contributed by atoms with Crippen molar-refractivity contribution in [1.82, 2.24) is 4.90 Å². The third kappa shape index (κ3) is 7.04. The van der Waals surface area contributed by atoms with Crippen molar-refractivity contribution >= 4 is 29.3 Å². The first-order chi connectivity index (χ1) is 15.1. The summed E-state index contributed by atoms with van der Waals surface area (Å²) >= 11 is 0. The van der Waals surface area contributed by atoms with E-state index in [0.29, 0.717) is 5.56 Å². The Morgan fingerprint density at radius 2 is 1.53 bits per heavy atom. The third-order valence-electron chi connectivity index (χ3n) is 5.29. The van der Waals surface area contributed by atoms with E-state index in [4.69, 9.17) is 4.74 Å². The van der Waals surface area contributed by atoms with Gasteiger partial charge in [0.15, 0.2) is 12.4 Å². The average molecular weight is 439 g/mol. The fourth-order valence-corrected chi connectivity index (χ4v) is 3.09. The second kappa shape index (κ2) is 11.2. The first kappa shape index (κ1) is 24.8. The van der Waals surface area contributed by atoms with Crippen LogP contribution >= 0.6 is 0 Å². The maximum atomic E-state index is 12.3. The van der Waals surface area contributed by atoms with Crippen molar-refractivity contribution in [3.63, 3.8) is 0 Å². The molecule has 0 aliphatic heterocycles. The van der Waals surface area contributed by atoms with Crippen molar-refractivity contribution in [1.29, 1.82) is 0 Å². The lowest BCUT2D eigenvalue weighted by Crippen LogP contribution is -2.37. The Morgan fingerprint density at radius 1 is 0.875 bits per heavy atom. The predicted molar refractivity (Wildman–Crippen MR) is 123 cm³/mol. The average Bonchev–Trinajstić information content (AvgIpc) is 2.74. The Morgan fingerprint density at radius 3 is 2.16 bits per heavy atom. The van der Waals surface area contributed by atoms with Crippen LogP contribution in [0, 0.1) is 27.7 Å². The summed E-state index contributed by atoms with van der Waals surface area (Å²) in [4.78, 5) is 49.9. The summed E-state index contributed by atoms with van der Waals surface area (Å²) in [7, 11) is 1.46. The van der Waals surface area contributed by atoms with Gasteiger partial charge >= 0.3 is 5.97 Å². The van der Waals surface area contributed by atoms with E-state index in [1.807, 2.05) is 52.0 Å². The number of likely N-dealkylation sites (N-methyl/N-ethyl adjacent to an activating group) is 1. The molecule has 1 N–H and O–H groups in total. The fourth-order valence-electron chi connectivity index (χ4n) is 3.09. The number of carbonyl (C=O) groups is 4. The number of amides is 2. The van der Waals surface area contributed by atoms with E-state index in [9.17, 15) is 19.2 Å². The van der Waals surface area contributed by atoms with Crippen molar-refractivity contribution < 1.29 is 23.9 Å². The zero-order chi connectivity index (χ0) is 23.8. The molecule has 7 heteroatoms. The molecule has 0 heterocycles. The van der Waals surface area contributed by atoms with Crippen LogP contribution in [-0.4, -0.2) is 48.7 Å². The number of anilines is 1. The lowest BCUT2D eigenvalue weighted by Gasteiger charge is -2.18. The molecule has 2 aromatic carbocycles. The molecule has 2 amide bonds. The third-order valence-corrected chi connectivity index (χ3v) is 5.29.